The molecule has 2 saturated carbocycles. The summed E-state index contributed by atoms with van der Waals surface area (Å²) in [4.78, 5) is 42.6. The Kier molecular flexibility index (Phi) is 11.9. The van der Waals surface area contributed by atoms with E-state index in [1.165, 1.54) is 6.92 Å². The highest BCUT2D eigenvalue weighted by Crippen LogP contribution is 2.54. The zero-order valence-electron chi connectivity index (χ0n) is 28.0. The van der Waals surface area contributed by atoms with Crippen molar-refractivity contribution in [2.24, 2.45) is 11.3 Å². The van der Waals surface area contributed by atoms with Gasteiger partial charge in [0.1, 0.15) is 12.5 Å². The van der Waals surface area contributed by atoms with Crippen LogP contribution in [0, 0.1) is 11.3 Å². The number of allylic oxidation sites excluding steroid dienone is 2. The quantitative estimate of drug-likeness (QED) is 0.135. The maximum Gasteiger partial charge on any atom is 0.321 e. The number of unbranched alkanes of at least 4 members (excludes halogenated alkanes) is 3. The molecule has 0 unspecified atom stereocenters. The molecule has 4 atom stereocenters. The number of ether oxygens (including phenoxy) is 3. The maximum absolute atomic E-state index is 13.9. The number of hydrogen-bond donors (Lipinski definition) is 1. The predicted molar refractivity (Wildman–Crippen MR) is 174 cm³/mol. The van der Waals surface area contributed by atoms with Gasteiger partial charge in [-0.25, -0.2) is 13.2 Å². The van der Waals surface area contributed by atoms with E-state index in [9.17, 15) is 22.8 Å². The molecule has 0 bridgehead atoms. The number of urea groups is 1. The normalized spacial score (nSPS) is 25.0. The highest BCUT2D eigenvalue weighted by molar-refractivity contribution is 7.91. The van der Waals surface area contributed by atoms with E-state index in [-0.39, 0.29) is 30.6 Å². The van der Waals surface area contributed by atoms with Crippen LogP contribution in [0.4, 0.5) is 4.79 Å². The Labute approximate surface area is 274 Å². The molecule has 4 rings (SSSR count). The fourth-order valence-electron chi connectivity index (χ4n) is 5.87. The highest BCUT2D eigenvalue weighted by Gasteiger charge is 2.58. The molecule has 1 N–H and O–H groups in total. The third kappa shape index (κ3) is 8.89. The van der Waals surface area contributed by atoms with Crippen molar-refractivity contribution in [1.82, 2.24) is 14.5 Å². The van der Waals surface area contributed by atoms with E-state index in [0.717, 1.165) is 37.0 Å². The van der Waals surface area contributed by atoms with Gasteiger partial charge in [0, 0.05) is 32.7 Å². The van der Waals surface area contributed by atoms with E-state index in [4.69, 9.17) is 14.2 Å². The van der Waals surface area contributed by atoms with Crippen LogP contribution in [-0.2, 0) is 35.6 Å². The summed E-state index contributed by atoms with van der Waals surface area (Å²) in [5.41, 5.74) is 0.285. The number of nitrogens with zero attached hydrogens (tertiary/aromatic N) is 2. The zero-order chi connectivity index (χ0) is 33.5. The highest BCUT2D eigenvalue weighted by atomic mass is 32.2. The first-order chi connectivity index (χ1) is 21.8. The second-order valence-electron chi connectivity index (χ2n) is 13.4. The summed E-state index contributed by atoms with van der Waals surface area (Å²) >= 11 is 0. The number of Topliss-reactive ketones (excluding diaryl/α,β-unsaturated/α-hetero) is 1. The molecular weight excluding hydrogens is 610 g/mol. The van der Waals surface area contributed by atoms with E-state index in [1.807, 2.05) is 49.1 Å². The van der Waals surface area contributed by atoms with Crippen LogP contribution in [0.15, 0.2) is 36.4 Å². The summed E-state index contributed by atoms with van der Waals surface area (Å²) in [5.74, 6) is 0.303. The minimum Gasteiger partial charge on any atom is -0.497 e. The number of nitrogens with one attached hydrogen (secondary N) is 1. The number of benzene rings is 1. The molecular formula is C34H51N3O8S. The van der Waals surface area contributed by atoms with Crippen molar-refractivity contribution in [1.29, 1.82) is 0 Å². The summed E-state index contributed by atoms with van der Waals surface area (Å²) in [5, 5.41) is 0. The average molecular weight is 662 g/mol. The molecule has 12 heteroatoms. The molecule has 3 aliphatic rings. The first-order valence-electron chi connectivity index (χ1n) is 16.5. The lowest BCUT2D eigenvalue weighted by atomic mass is 10.1. The fraction of sp³-hybridized carbons (Fsp3) is 0.676. The molecule has 46 heavy (non-hydrogen) atoms. The molecule has 2 aliphatic carbocycles. The molecule has 0 aromatic heterocycles. The topological polar surface area (TPSA) is 132 Å². The molecule has 0 radical (unpaired) electrons. The summed E-state index contributed by atoms with van der Waals surface area (Å²) in [6, 6.07) is 6.92. The van der Waals surface area contributed by atoms with Gasteiger partial charge in [0.2, 0.25) is 15.9 Å². The van der Waals surface area contributed by atoms with Crippen LogP contribution < -0.4 is 9.46 Å². The maximum atomic E-state index is 13.9. The number of sulfonamides is 1. The van der Waals surface area contributed by atoms with Gasteiger partial charge in [-0.3, -0.25) is 14.3 Å². The number of likely N-dealkylation sites (tertiary alicyclic amines) is 1. The number of rotatable bonds is 18. The monoisotopic (exact) mass is 661 g/mol. The zero-order valence-corrected chi connectivity index (χ0v) is 28.8. The van der Waals surface area contributed by atoms with Gasteiger partial charge in [0.25, 0.3) is 0 Å². The molecule has 1 aromatic rings. The third-order valence-electron chi connectivity index (χ3n) is 9.69. The second-order valence-corrected chi connectivity index (χ2v) is 15.6. The van der Waals surface area contributed by atoms with Crippen LogP contribution >= 0.6 is 0 Å². The minimum absolute atomic E-state index is 0.0309. The lowest BCUT2D eigenvalue weighted by molar-refractivity contribution is -0.124. The summed E-state index contributed by atoms with van der Waals surface area (Å²) in [7, 11) is -2.02. The van der Waals surface area contributed by atoms with Gasteiger partial charge in [-0.1, -0.05) is 37.6 Å². The first kappa shape index (κ1) is 35.9. The van der Waals surface area contributed by atoms with E-state index >= 15 is 0 Å². The van der Waals surface area contributed by atoms with Gasteiger partial charge in [0.05, 0.1) is 29.4 Å². The Morgan fingerprint density at radius 1 is 1.11 bits per heavy atom. The van der Waals surface area contributed by atoms with Crippen LogP contribution in [0.3, 0.4) is 0 Å². The van der Waals surface area contributed by atoms with Crippen LogP contribution in [0.25, 0.3) is 0 Å². The molecule has 1 heterocycles. The van der Waals surface area contributed by atoms with Crippen molar-refractivity contribution in [2.45, 2.75) is 102 Å². The Morgan fingerprint density at radius 2 is 1.83 bits per heavy atom. The van der Waals surface area contributed by atoms with Gasteiger partial charge in [-0.05, 0) is 82.9 Å². The average Bonchev–Trinajstić information content (AvgIpc) is 3.89. The van der Waals surface area contributed by atoms with Crippen LogP contribution in [-0.4, -0.2) is 86.4 Å². The van der Waals surface area contributed by atoms with Crippen molar-refractivity contribution in [3.05, 3.63) is 42.0 Å². The van der Waals surface area contributed by atoms with Gasteiger partial charge in [0.15, 0.2) is 5.78 Å². The third-order valence-corrected chi connectivity index (χ3v) is 11.8. The molecule has 1 aliphatic heterocycles. The first-order valence-corrected chi connectivity index (χ1v) is 17.9. The number of methoxy groups -OCH3 is 1. The van der Waals surface area contributed by atoms with Crippen molar-refractivity contribution < 1.29 is 37.0 Å². The molecule has 3 fully saturated rings. The molecule has 256 valence electrons. The smallest absolute Gasteiger partial charge is 0.321 e. The lowest BCUT2D eigenvalue weighted by Crippen LogP contribution is -2.47. The largest absolute Gasteiger partial charge is 0.497 e. The van der Waals surface area contributed by atoms with E-state index < -0.39 is 32.1 Å². The van der Waals surface area contributed by atoms with E-state index in [0.29, 0.717) is 51.9 Å². The van der Waals surface area contributed by atoms with Crippen molar-refractivity contribution >= 4 is 27.7 Å². The van der Waals surface area contributed by atoms with Crippen molar-refractivity contribution in [3.63, 3.8) is 0 Å². The number of carbonyl (C=O) groups is 3. The predicted octanol–water partition coefficient (Wildman–Crippen LogP) is 4.80. The van der Waals surface area contributed by atoms with E-state index in [1.54, 1.807) is 18.9 Å². The Balaban J connectivity index is 1.28. The number of hydrogen-bond acceptors (Lipinski definition) is 8. The minimum atomic E-state index is -3.63. The summed E-state index contributed by atoms with van der Waals surface area (Å²) in [6.45, 7) is 8.84. The van der Waals surface area contributed by atoms with Crippen molar-refractivity contribution in [3.8, 4) is 5.75 Å². The van der Waals surface area contributed by atoms with Crippen molar-refractivity contribution in [2.75, 3.05) is 33.6 Å². The van der Waals surface area contributed by atoms with Gasteiger partial charge >= 0.3 is 6.03 Å². The van der Waals surface area contributed by atoms with Crippen LogP contribution in [0.1, 0.15) is 84.6 Å². The molecule has 11 nitrogen and oxygen atoms in total. The molecule has 1 saturated heterocycles. The van der Waals surface area contributed by atoms with E-state index in [2.05, 4.69) is 10.8 Å². The Hall–Kier alpha value is -2.96. The number of ketones is 1. The van der Waals surface area contributed by atoms with Gasteiger partial charge in [-0.15, -0.1) is 0 Å². The van der Waals surface area contributed by atoms with Crippen LogP contribution in [0.2, 0.25) is 0 Å². The second kappa shape index (κ2) is 15.3. The number of amides is 3. The lowest BCUT2D eigenvalue weighted by Gasteiger charge is -2.31. The standard InChI is InChI=1S/C34H51N3O8S/c1-6-44-24-45-29-20-30(25(2)38)37(23-29)32(40)36(22-26-13-15-28(43-5)16-14-26)19-11-9-7-8-10-12-27-21-34(27,4)31(39)35-46(41,42)33(3)17-18-33/h10,12-16,27,29-30H,6-9,11,17-24H2,1-5H3,(H,35,39)/b12-10-/t27-,29-,30+,34+/m1/s1. The molecule has 0 spiro atoms. The van der Waals surface area contributed by atoms with Gasteiger partial charge < -0.3 is 24.0 Å². The molecule has 1 aromatic carbocycles. The summed E-state index contributed by atoms with van der Waals surface area (Å²) < 4.78 is 42.8. The molecule has 3 amide bonds. The van der Waals surface area contributed by atoms with Gasteiger partial charge in [-0.2, -0.15) is 0 Å². The Morgan fingerprint density at radius 3 is 2.46 bits per heavy atom. The Bertz CT molecular complexity index is 1360. The number of carbonyl (C=O) groups excluding carboxylic acids is 3. The SMILES string of the molecule is CCOCO[C@@H]1C[C@@H](C(C)=O)N(C(=O)N(CCCCC/C=C\[C@@H]2C[C@]2(C)C(=O)NS(=O)(=O)C2(C)CC2)Cc2ccc(OC)cc2)C1. The van der Waals surface area contributed by atoms with Crippen LogP contribution in [0.5, 0.6) is 5.75 Å². The fourth-order valence-corrected chi connectivity index (χ4v) is 7.23. The summed E-state index contributed by atoms with van der Waals surface area (Å²) in [6.07, 6.45) is 9.54.